The van der Waals surface area contributed by atoms with Crippen LogP contribution in [0.15, 0.2) is 48.5 Å². The van der Waals surface area contributed by atoms with Crippen LogP contribution in [-0.4, -0.2) is 47.3 Å². The van der Waals surface area contributed by atoms with Crippen LogP contribution in [0.5, 0.6) is 5.75 Å². The van der Waals surface area contributed by atoms with Gasteiger partial charge in [-0.15, -0.1) is 0 Å². The van der Waals surface area contributed by atoms with Crippen molar-refractivity contribution in [1.82, 2.24) is 4.98 Å². The number of aromatic nitrogens is 1. The van der Waals surface area contributed by atoms with E-state index in [9.17, 15) is 23.1 Å². The highest BCUT2D eigenvalue weighted by Crippen LogP contribution is 2.66. The number of carboxylic acids is 1. The van der Waals surface area contributed by atoms with Crippen molar-refractivity contribution in [2.24, 2.45) is 5.41 Å². The molecule has 2 aromatic carbocycles. The zero-order valence-electron chi connectivity index (χ0n) is 25.3. The molecule has 1 spiro atoms. The monoisotopic (exact) mass is 596 g/mol. The van der Waals surface area contributed by atoms with E-state index in [-0.39, 0.29) is 12.2 Å². The van der Waals surface area contributed by atoms with Gasteiger partial charge in [0.1, 0.15) is 11.6 Å². The lowest BCUT2D eigenvalue weighted by Gasteiger charge is -2.38. The molecule has 1 N–H and O–H groups in total. The number of hydrogen-bond acceptors (Lipinski definition) is 5. The van der Waals surface area contributed by atoms with E-state index in [1.54, 1.807) is 39.8 Å². The predicted octanol–water partition coefficient (Wildman–Crippen LogP) is 7.69. The summed E-state index contributed by atoms with van der Waals surface area (Å²) in [5.41, 5.74) is 3.17. The van der Waals surface area contributed by atoms with Gasteiger partial charge in [0.2, 0.25) is 0 Å². The highest BCUT2D eigenvalue weighted by Gasteiger charge is 2.70. The maximum Gasteiger partial charge on any atom is 0.337 e. The van der Waals surface area contributed by atoms with E-state index >= 15 is 0 Å². The van der Waals surface area contributed by atoms with Gasteiger partial charge in [0.25, 0.3) is 5.92 Å². The van der Waals surface area contributed by atoms with E-state index in [0.717, 1.165) is 16.7 Å². The van der Waals surface area contributed by atoms with Gasteiger partial charge in [-0.05, 0) is 82.9 Å². The van der Waals surface area contributed by atoms with Gasteiger partial charge in [-0.1, -0.05) is 24.3 Å². The fourth-order valence-corrected chi connectivity index (χ4v) is 6.16. The Morgan fingerprint density at radius 2 is 1.63 bits per heavy atom. The number of carboxylic acid groups (broad SMARTS) is 1. The van der Waals surface area contributed by atoms with E-state index in [2.05, 4.69) is 0 Å². The summed E-state index contributed by atoms with van der Waals surface area (Å²) in [5, 5.41) is 10.3. The first-order chi connectivity index (χ1) is 20.2. The largest absolute Gasteiger partial charge is 0.493 e. The molecule has 230 valence electrons. The van der Waals surface area contributed by atoms with Crippen LogP contribution < -0.4 is 9.64 Å². The number of rotatable bonds is 9. The van der Waals surface area contributed by atoms with Gasteiger partial charge in [-0.25, -0.2) is 18.0 Å². The summed E-state index contributed by atoms with van der Waals surface area (Å²) in [6.07, 6.45) is -0.101. The smallest absolute Gasteiger partial charge is 0.337 e. The number of pyridine rings is 1. The van der Waals surface area contributed by atoms with Crippen molar-refractivity contribution in [3.05, 3.63) is 76.9 Å². The number of piperidine rings is 1. The fourth-order valence-electron chi connectivity index (χ4n) is 6.16. The standard InChI is InChI=1S/C34H39F3N2O4/c1-21-27(24-8-12-26(13-9-24)42-19-14-23-6-10-25(35)11-7-23)29(39-17-15-33(16-18-39)20-34(33,36)37)28(22(2)38-21)30(31(40)41)43-32(3,4)5/h6-13,30H,14-20H2,1-5H3,(H,40,41). The first-order valence-electron chi connectivity index (χ1n) is 14.7. The van der Waals surface area contributed by atoms with Crippen molar-refractivity contribution in [1.29, 1.82) is 0 Å². The molecule has 43 heavy (non-hydrogen) atoms. The minimum Gasteiger partial charge on any atom is -0.493 e. The molecule has 9 heteroatoms. The molecule has 1 saturated carbocycles. The Kier molecular flexibility index (Phi) is 8.24. The molecule has 1 saturated heterocycles. The van der Waals surface area contributed by atoms with Crippen LogP contribution in [0.1, 0.15) is 68.7 Å². The third-order valence-electron chi connectivity index (χ3n) is 8.50. The first kappa shape index (κ1) is 30.9. The Morgan fingerprint density at radius 3 is 2.16 bits per heavy atom. The Balaban J connectivity index is 1.49. The summed E-state index contributed by atoms with van der Waals surface area (Å²) in [4.78, 5) is 19.5. The lowest BCUT2D eigenvalue weighted by molar-refractivity contribution is -0.160. The Hall–Kier alpha value is -3.59. The minimum absolute atomic E-state index is 0.0878. The highest BCUT2D eigenvalue weighted by atomic mass is 19.3. The molecular weight excluding hydrogens is 557 g/mol. The molecule has 1 aromatic heterocycles. The van der Waals surface area contributed by atoms with Crippen LogP contribution in [0.3, 0.4) is 0 Å². The molecule has 5 rings (SSSR count). The normalized spacial score (nSPS) is 18.0. The second kappa shape index (κ2) is 11.5. The van der Waals surface area contributed by atoms with Crippen molar-refractivity contribution < 1.29 is 32.5 Å². The lowest BCUT2D eigenvalue weighted by Crippen LogP contribution is -2.39. The number of aryl methyl sites for hydroxylation is 2. The summed E-state index contributed by atoms with van der Waals surface area (Å²) in [6.45, 7) is 10.2. The van der Waals surface area contributed by atoms with Gasteiger partial charge in [0.05, 0.1) is 17.9 Å². The zero-order valence-corrected chi connectivity index (χ0v) is 25.3. The fraction of sp³-hybridized carbons (Fsp3) is 0.471. The molecular formula is C34H39F3N2O4. The highest BCUT2D eigenvalue weighted by molar-refractivity contribution is 5.88. The Bertz CT molecular complexity index is 1480. The first-order valence-corrected chi connectivity index (χ1v) is 14.7. The molecule has 2 fully saturated rings. The molecule has 2 aliphatic rings. The number of hydrogen-bond donors (Lipinski definition) is 1. The summed E-state index contributed by atoms with van der Waals surface area (Å²) in [7, 11) is 0. The molecule has 0 radical (unpaired) electrons. The van der Waals surface area contributed by atoms with Crippen molar-refractivity contribution in [3.63, 3.8) is 0 Å². The number of nitrogens with zero attached hydrogens (tertiary/aromatic N) is 2. The second-order valence-electron chi connectivity index (χ2n) is 12.8. The molecule has 3 aromatic rings. The van der Waals surface area contributed by atoms with Crippen LogP contribution in [0.4, 0.5) is 18.9 Å². The quantitative estimate of drug-likeness (QED) is 0.273. The third-order valence-corrected chi connectivity index (χ3v) is 8.50. The number of alkyl halides is 2. The average molecular weight is 597 g/mol. The van der Waals surface area contributed by atoms with Crippen LogP contribution in [0.2, 0.25) is 0 Å². The third kappa shape index (κ3) is 6.51. The van der Waals surface area contributed by atoms with Gasteiger partial charge >= 0.3 is 5.97 Å². The van der Waals surface area contributed by atoms with Gasteiger partial charge in [-0.2, -0.15) is 0 Å². The van der Waals surface area contributed by atoms with Crippen LogP contribution in [-0.2, 0) is 16.0 Å². The number of halogens is 3. The van der Waals surface area contributed by atoms with Gasteiger partial charge < -0.3 is 19.5 Å². The number of aliphatic carboxylic acids is 1. The van der Waals surface area contributed by atoms with Crippen molar-refractivity contribution >= 4 is 11.7 Å². The van der Waals surface area contributed by atoms with E-state index in [0.29, 0.717) is 67.3 Å². The SMILES string of the molecule is Cc1nc(C)c(C(OC(C)(C)C)C(=O)O)c(N2CCC3(CC2)CC3(F)F)c1-c1ccc(OCCc2ccc(F)cc2)cc1. The molecule has 0 bridgehead atoms. The molecule has 1 aliphatic carbocycles. The van der Waals surface area contributed by atoms with Gasteiger partial charge in [0.15, 0.2) is 6.10 Å². The van der Waals surface area contributed by atoms with Crippen molar-refractivity contribution in [3.8, 4) is 16.9 Å². The Labute approximate surface area is 250 Å². The predicted molar refractivity (Wildman–Crippen MR) is 159 cm³/mol. The van der Waals surface area contributed by atoms with Crippen molar-refractivity contribution in [2.45, 2.75) is 77.9 Å². The molecule has 1 aliphatic heterocycles. The van der Waals surface area contributed by atoms with E-state index in [1.165, 1.54) is 12.1 Å². The molecule has 6 nitrogen and oxygen atoms in total. The summed E-state index contributed by atoms with van der Waals surface area (Å²) in [5.74, 6) is -3.40. The van der Waals surface area contributed by atoms with Gasteiger partial charge in [-0.3, -0.25) is 4.98 Å². The summed E-state index contributed by atoms with van der Waals surface area (Å²) in [6, 6.07) is 13.8. The summed E-state index contributed by atoms with van der Waals surface area (Å²) >= 11 is 0. The summed E-state index contributed by atoms with van der Waals surface area (Å²) < 4.78 is 53.7. The number of ether oxygens (including phenoxy) is 2. The van der Waals surface area contributed by atoms with Crippen LogP contribution in [0, 0.1) is 25.1 Å². The molecule has 2 heterocycles. The zero-order chi connectivity index (χ0) is 31.2. The van der Waals surface area contributed by atoms with Crippen molar-refractivity contribution in [2.75, 3.05) is 24.6 Å². The number of benzene rings is 2. The van der Waals surface area contributed by atoms with E-state index in [4.69, 9.17) is 14.5 Å². The minimum atomic E-state index is -2.64. The van der Waals surface area contributed by atoms with E-state index < -0.39 is 29.0 Å². The molecule has 1 atom stereocenters. The lowest BCUT2D eigenvalue weighted by atomic mass is 9.89. The second-order valence-corrected chi connectivity index (χ2v) is 12.8. The average Bonchev–Trinajstić information content (AvgIpc) is 3.47. The maximum absolute atomic E-state index is 14.3. The molecule has 0 amide bonds. The van der Waals surface area contributed by atoms with Gasteiger partial charge in [0, 0.05) is 53.9 Å². The number of anilines is 1. The topological polar surface area (TPSA) is 71.9 Å². The van der Waals surface area contributed by atoms with Crippen LogP contribution in [0.25, 0.3) is 11.1 Å². The van der Waals surface area contributed by atoms with E-state index in [1.807, 2.05) is 36.1 Å². The van der Waals surface area contributed by atoms with Crippen LogP contribution >= 0.6 is 0 Å². The Morgan fingerprint density at radius 1 is 1.02 bits per heavy atom. The maximum atomic E-state index is 14.3. The molecule has 1 unspecified atom stereocenters. The number of carbonyl (C=O) groups is 1.